The van der Waals surface area contributed by atoms with Crippen molar-refractivity contribution in [1.29, 1.82) is 0 Å². The topological polar surface area (TPSA) is 84.5 Å². The molecule has 0 radical (unpaired) electrons. The molecule has 162 valence electrons. The minimum Gasteiger partial charge on any atom is -0.496 e. The summed E-state index contributed by atoms with van der Waals surface area (Å²) < 4.78 is 34.6. The van der Waals surface area contributed by atoms with Crippen LogP contribution in [-0.2, 0) is 21.2 Å². The van der Waals surface area contributed by atoms with Gasteiger partial charge in [0, 0.05) is 4.47 Å². The molecule has 0 bridgehead atoms. The van der Waals surface area contributed by atoms with Crippen LogP contribution in [0.15, 0.2) is 82.2 Å². The van der Waals surface area contributed by atoms with E-state index >= 15 is 0 Å². The smallest absolute Gasteiger partial charge is 0.242 e. The first-order chi connectivity index (χ1) is 14.8. The Morgan fingerprint density at radius 3 is 2.35 bits per heavy atom. The highest BCUT2D eigenvalue weighted by Gasteiger charge is 2.27. The van der Waals surface area contributed by atoms with E-state index in [1.54, 1.807) is 31.2 Å². The third-order valence-corrected chi connectivity index (χ3v) is 6.87. The number of halogens is 1. The maximum Gasteiger partial charge on any atom is 0.242 e. The average Bonchev–Trinajstić information content (AvgIpc) is 2.75. The van der Waals surface area contributed by atoms with Gasteiger partial charge in [-0.15, -0.1) is 0 Å². The first-order valence-corrected chi connectivity index (χ1v) is 11.8. The number of methoxy groups -OCH3 is 1. The van der Waals surface area contributed by atoms with Gasteiger partial charge >= 0.3 is 0 Å². The molecule has 2 N–H and O–H groups in total. The highest BCUT2D eigenvalue weighted by Crippen LogP contribution is 2.23. The van der Waals surface area contributed by atoms with Crippen LogP contribution in [0.1, 0.15) is 11.1 Å². The molecule has 3 rings (SSSR count). The second-order valence-electron chi connectivity index (χ2n) is 6.96. The lowest BCUT2D eigenvalue weighted by Crippen LogP contribution is -2.45. The van der Waals surface area contributed by atoms with Crippen molar-refractivity contribution >= 4 is 37.5 Å². The van der Waals surface area contributed by atoms with E-state index in [1.807, 2.05) is 36.4 Å². The Hall–Kier alpha value is -2.68. The minimum absolute atomic E-state index is 0.0672. The molecule has 8 heteroatoms. The normalized spacial score (nSPS) is 12.2. The van der Waals surface area contributed by atoms with E-state index in [-0.39, 0.29) is 11.3 Å². The highest BCUT2D eigenvalue weighted by atomic mass is 79.9. The van der Waals surface area contributed by atoms with Crippen molar-refractivity contribution in [2.45, 2.75) is 24.3 Å². The van der Waals surface area contributed by atoms with Crippen LogP contribution in [0, 0.1) is 6.92 Å². The summed E-state index contributed by atoms with van der Waals surface area (Å²) in [6, 6.07) is 20.0. The monoisotopic (exact) mass is 502 g/mol. The van der Waals surface area contributed by atoms with E-state index in [0.717, 1.165) is 5.56 Å². The summed E-state index contributed by atoms with van der Waals surface area (Å²) in [4.78, 5) is 13.1. The van der Waals surface area contributed by atoms with Gasteiger partial charge in [-0.25, -0.2) is 8.42 Å². The zero-order valence-electron chi connectivity index (χ0n) is 17.1. The maximum atomic E-state index is 13.1. The second-order valence-corrected chi connectivity index (χ2v) is 9.53. The molecule has 0 spiro atoms. The number of nitrogens with one attached hydrogen (secondary N) is 2. The molecule has 0 saturated carbocycles. The molecule has 0 saturated heterocycles. The number of hydrogen-bond donors (Lipinski definition) is 2. The van der Waals surface area contributed by atoms with Crippen molar-refractivity contribution < 1.29 is 17.9 Å². The Labute approximate surface area is 190 Å². The maximum absolute atomic E-state index is 13.1. The molecular formula is C23H23BrN2O4S. The van der Waals surface area contributed by atoms with E-state index in [9.17, 15) is 13.2 Å². The Bertz CT molecular complexity index is 1170. The standard InChI is InChI=1S/C23H23BrN2O4S/c1-16-14-18(12-13-22(16)30-2)31(28,29)26-21(15-17-8-4-3-5-9-17)23(27)25-20-11-7-6-10-19(20)24/h3-14,21,26H,15H2,1-2H3,(H,25,27)/t21-/m0/s1. The molecule has 3 aromatic rings. The summed E-state index contributed by atoms with van der Waals surface area (Å²) in [5.74, 6) is 0.135. The van der Waals surface area contributed by atoms with Crippen LogP contribution in [0.4, 0.5) is 5.69 Å². The van der Waals surface area contributed by atoms with Gasteiger partial charge in [0.1, 0.15) is 11.8 Å². The van der Waals surface area contributed by atoms with Gasteiger partial charge < -0.3 is 10.1 Å². The number of anilines is 1. The van der Waals surface area contributed by atoms with E-state index in [4.69, 9.17) is 4.74 Å². The molecule has 0 heterocycles. The molecule has 0 aliphatic rings. The summed E-state index contributed by atoms with van der Waals surface area (Å²) in [5, 5.41) is 2.80. The zero-order chi connectivity index (χ0) is 22.4. The number of aryl methyl sites for hydroxylation is 1. The number of carbonyl (C=O) groups excluding carboxylic acids is 1. The van der Waals surface area contributed by atoms with Gasteiger partial charge in [-0.05, 0) is 70.7 Å². The Kier molecular flexibility index (Phi) is 7.48. The molecule has 0 aromatic heterocycles. The Balaban J connectivity index is 1.89. The lowest BCUT2D eigenvalue weighted by atomic mass is 10.1. The minimum atomic E-state index is -3.95. The molecule has 6 nitrogen and oxygen atoms in total. The van der Waals surface area contributed by atoms with Gasteiger partial charge in [-0.2, -0.15) is 4.72 Å². The van der Waals surface area contributed by atoms with Gasteiger partial charge in [0.2, 0.25) is 15.9 Å². The average molecular weight is 503 g/mol. The lowest BCUT2D eigenvalue weighted by Gasteiger charge is -2.19. The van der Waals surface area contributed by atoms with Crippen molar-refractivity contribution in [2.75, 3.05) is 12.4 Å². The van der Waals surface area contributed by atoms with Gasteiger partial charge in [-0.3, -0.25) is 4.79 Å². The Morgan fingerprint density at radius 1 is 1.03 bits per heavy atom. The van der Waals surface area contributed by atoms with Gasteiger partial charge in [0.15, 0.2) is 0 Å². The molecular weight excluding hydrogens is 480 g/mol. The van der Waals surface area contributed by atoms with E-state index in [1.165, 1.54) is 19.2 Å². The largest absolute Gasteiger partial charge is 0.496 e. The van der Waals surface area contributed by atoms with Crippen LogP contribution in [0.5, 0.6) is 5.75 Å². The Morgan fingerprint density at radius 2 is 1.71 bits per heavy atom. The molecule has 3 aromatic carbocycles. The van der Waals surface area contributed by atoms with E-state index in [0.29, 0.717) is 21.5 Å². The number of rotatable bonds is 8. The number of benzene rings is 3. The SMILES string of the molecule is COc1ccc(S(=O)(=O)N[C@@H](Cc2ccccc2)C(=O)Nc2ccccc2Br)cc1C. The predicted octanol–water partition coefficient (Wildman–Crippen LogP) is 4.29. The molecule has 0 aliphatic carbocycles. The summed E-state index contributed by atoms with van der Waals surface area (Å²) in [7, 11) is -2.43. The van der Waals surface area contributed by atoms with Crippen LogP contribution >= 0.6 is 15.9 Å². The first kappa shape index (κ1) is 23.0. The summed E-state index contributed by atoms with van der Waals surface area (Å²) >= 11 is 3.40. The number of amides is 1. The van der Waals surface area contributed by atoms with Gasteiger partial charge in [0.25, 0.3) is 0 Å². The first-order valence-electron chi connectivity index (χ1n) is 9.56. The number of carbonyl (C=O) groups is 1. The third kappa shape index (κ3) is 5.94. The van der Waals surface area contributed by atoms with Crippen LogP contribution < -0.4 is 14.8 Å². The van der Waals surface area contributed by atoms with Crippen LogP contribution in [0.2, 0.25) is 0 Å². The quantitative estimate of drug-likeness (QED) is 0.480. The molecule has 0 aliphatic heterocycles. The lowest BCUT2D eigenvalue weighted by molar-refractivity contribution is -0.117. The highest BCUT2D eigenvalue weighted by molar-refractivity contribution is 9.10. The third-order valence-electron chi connectivity index (χ3n) is 4.70. The van der Waals surface area contributed by atoms with Crippen molar-refractivity contribution in [3.63, 3.8) is 0 Å². The van der Waals surface area contributed by atoms with Crippen molar-refractivity contribution in [2.24, 2.45) is 0 Å². The van der Waals surface area contributed by atoms with Crippen LogP contribution in [-0.4, -0.2) is 27.5 Å². The summed E-state index contributed by atoms with van der Waals surface area (Å²) in [6.45, 7) is 1.76. The summed E-state index contributed by atoms with van der Waals surface area (Å²) in [5.41, 5.74) is 2.08. The van der Waals surface area contributed by atoms with E-state index in [2.05, 4.69) is 26.0 Å². The predicted molar refractivity (Wildman–Crippen MR) is 125 cm³/mol. The summed E-state index contributed by atoms with van der Waals surface area (Å²) in [6.07, 6.45) is 0.200. The molecule has 31 heavy (non-hydrogen) atoms. The fourth-order valence-electron chi connectivity index (χ4n) is 3.09. The fourth-order valence-corrected chi connectivity index (χ4v) is 4.76. The van der Waals surface area contributed by atoms with Crippen LogP contribution in [0.25, 0.3) is 0 Å². The van der Waals surface area contributed by atoms with Gasteiger partial charge in [-0.1, -0.05) is 42.5 Å². The van der Waals surface area contributed by atoms with Crippen LogP contribution in [0.3, 0.4) is 0 Å². The van der Waals surface area contributed by atoms with Crippen molar-refractivity contribution in [3.05, 3.63) is 88.4 Å². The molecule has 0 unspecified atom stereocenters. The number of para-hydroxylation sites is 1. The van der Waals surface area contributed by atoms with Crippen molar-refractivity contribution in [1.82, 2.24) is 4.72 Å². The second kappa shape index (κ2) is 10.1. The number of ether oxygens (including phenoxy) is 1. The number of sulfonamides is 1. The molecule has 1 amide bonds. The molecule has 1 atom stereocenters. The fraction of sp³-hybridized carbons (Fsp3) is 0.174. The van der Waals surface area contributed by atoms with E-state index < -0.39 is 22.0 Å². The molecule has 0 fully saturated rings. The number of hydrogen-bond acceptors (Lipinski definition) is 4. The van der Waals surface area contributed by atoms with Gasteiger partial charge in [0.05, 0.1) is 17.7 Å². The zero-order valence-corrected chi connectivity index (χ0v) is 19.5. The van der Waals surface area contributed by atoms with Crippen molar-refractivity contribution in [3.8, 4) is 5.75 Å².